The fourth-order valence-electron chi connectivity index (χ4n) is 1.92. The zero-order valence-corrected chi connectivity index (χ0v) is 8.46. The lowest BCUT2D eigenvalue weighted by Gasteiger charge is -2.28. The first-order valence-electron chi connectivity index (χ1n) is 4.89. The molecule has 1 aliphatic heterocycles. The molecular formula is C11H12FNO2. The molecule has 1 aromatic rings. The van der Waals surface area contributed by atoms with Crippen LogP contribution in [-0.2, 0) is 11.2 Å². The average molecular weight is 209 g/mol. The molecule has 4 heteroatoms. The van der Waals surface area contributed by atoms with Gasteiger partial charge in [-0.25, -0.2) is 4.39 Å². The lowest BCUT2D eigenvalue weighted by atomic mass is 10.0. The number of rotatable bonds is 0. The summed E-state index contributed by atoms with van der Waals surface area (Å²) in [5.74, 6) is -1.11. The molecule has 1 N–H and O–H groups in total. The highest BCUT2D eigenvalue weighted by Gasteiger charge is 2.21. The minimum Gasteiger partial charge on any atom is -0.505 e. The highest BCUT2D eigenvalue weighted by molar-refractivity contribution is 5.93. The summed E-state index contributed by atoms with van der Waals surface area (Å²) in [4.78, 5) is 12.9. The fraction of sp³-hybridized carbons (Fsp3) is 0.364. The highest BCUT2D eigenvalue weighted by Crippen LogP contribution is 2.32. The van der Waals surface area contributed by atoms with Crippen LogP contribution in [0, 0.1) is 5.82 Å². The molecular weight excluding hydrogens is 197 g/mol. The summed E-state index contributed by atoms with van der Waals surface area (Å²) in [5.41, 5.74) is 1.42. The van der Waals surface area contributed by atoms with Gasteiger partial charge in [0.05, 0.1) is 5.69 Å². The maximum absolute atomic E-state index is 13.1. The maximum atomic E-state index is 13.1. The van der Waals surface area contributed by atoms with E-state index in [2.05, 4.69) is 0 Å². The van der Waals surface area contributed by atoms with E-state index in [1.165, 1.54) is 19.1 Å². The lowest BCUT2D eigenvalue weighted by molar-refractivity contribution is -0.116. The smallest absolute Gasteiger partial charge is 0.223 e. The van der Waals surface area contributed by atoms with E-state index in [0.717, 1.165) is 18.4 Å². The number of aromatic hydroxyl groups is 1. The number of phenolic OH excluding ortho intramolecular Hbond substituents is 1. The number of hydrogen-bond donors (Lipinski definition) is 1. The SMILES string of the molecule is CC(=O)N1CCCc2cc(F)c(O)cc21. The minimum atomic E-state index is -0.626. The van der Waals surface area contributed by atoms with Gasteiger partial charge in [0.25, 0.3) is 0 Å². The molecule has 0 fully saturated rings. The number of hydrogen-bond acceptors (Lipinski definition) is 2. The Morgan fingerprint density at radius 2 is 2.27 bits per heavy atom. The first-order valence-corrected chi connectivity index (χ1v) is 4.89. The monoisotopic (exact) mass is 209 g/mol. The molecule has 1 heterocycles. The van der Waals surface area contributed by atoms with Crippen LogP contribution in [0.25, 0.3) is 0 Å². The van der Waals surface area contributed by atoms with Gasteiger partial charge < -0.3 is 10.0 Å². The predicted molar refractivity (Wildman–Crippen MR) is 54.4 cm³/mol. The summed E-state index contributed by atoms with van der Waals surface area (Å²) in [6.45, 7) is 2.10. The van der Waals surface area contributed by atoms with Gasteiger partial charge in [-0.05, 0) is 24.5 Å². The van der Waals surface area contributed by atoms with Crippen molar-refractivity contribution in [2.24, 2.45) is 0 Å². The van der Waals surface area contributed by atoms with Gasteiger partial charge in [-0.15, -0.1) is 0 Å². The quantitative estimate of drug-likeness (QED) is 0.708. The van der Waals surface area contributed by atoms with Crippen LogP contribution >= 0.6 is 0 Å². The Morgan fingerprint density at radius 1 is 1.53 bits per heavy atom. The van der Waals surface area contributed by atoms with Crippen molar-refractivity contribution in [2.45, 2.75) is 19.8 Å². The molecule has 80 valence electrons. The molecule has 0 bridgehead atoms. The molecule has 0 saturated heterocycles. The maximum Gasteiger partial charge on any atom is 0.223 e. The van der Waals surface area contributed by atoms with Gasteiger partial charge in [-0.1, -0.05) is 0 Å². The van der Waals surface area contributed by atoms with Crippen molar-refractivity contribution in [3.8, 4) is 5.75 Å². The molecule has 0 unspecified atom stereocenters. The van der Waals surface area contributed by atoms with E-state index < -0.39 is 11.6 Å². The number of carbonyl (C=O) groups is 1. The Hall–Kier alpha value is -1.58. The minimum absolute atomic E-state index is 0.0815. The van der Waals surface area contributed by atoms with Gasteiger partial charge >= 0.3 is 0 Å². The Bertz CT molecular complexity index is 417. The van der Waals surface area contributed by atoms with Gasteiger partial charge in [0.2, 0.25) is 5.91 Å². The topological polar surface area (TPSA) is 40.5 Å². The van der Waals surface area contributed by atoms with E-state index in [4.69, 9.17) is 0 Å². The van der Waals surface area contributed by atoms with Crippen LogP contribution < -0.4 is 4.90 Å². The Kier molecular flexibility index (Phi) is 2.34. The summed E-state index contributed by atoms with van der Waals surface area (Å²) in [5, 5.41) is 9.26. The fourth-order valence-corrected chi connectivity index (χ4v) is 1.92. The summed E-state index contributed by atoms with van der Waals surface area (Å²) >= 11 is 0. The van der Waals surface area contributed by atoms with Crippen molar-refractivity contribution in [1.82, 2.24) is 0 Å². The van der Waals surface area contributed by atoms with Crippen molar-refractivity contribution in [3.05, 3.63) is 23.5 Å². The van der Waals surface area contributed by atoms with Crippen LogP contribution in [0.15, 0.2) is 12.1 Å². The summed E-state index contributed by atoms with van der Waals surface area (Å²) in [7, 11) is 0. The Morgan fingerprint density at radius 3 is 2.93 bits per heavy atom. The van der Waals surface area contributed by atoms with Gasteiger partial charge in [0, 0.05) is 19.5 Å². The molecule has 15 heavy (non-hydrogen) atoms. The number of phenols is 1. The molecule has 1 aromatic carbocycles. The van der Waals surface area contributed by atoms with Crippen molar-refractivity contribution in [2.75, 3.05) is 11.4 Å². The van der Waals surface area contributed by atoms with Gasteiger partial charge in [-0.3, -0.25) is 4.79 Å². The molecule has 0 radical (unpaired) electrons. The van der Waals surface area contributed by atoms with E-state index in [-0.39, 0.29) is 5.91 Å². The third kappa shape index (κ3) is 1.67. The summed E-state index contributed by atoms with van der Waals surface area (Å²) < 4.78 is 13.1. The lowest BCUT2D eigenvalue weighted by Crippen LogP contribution is -2.33. The number of halogens is 1. The van der Waals surface area contributed by atoms with E-state index in [0.29, 0.717) is 12.2 Å². The van der Waals surface area contributed by atoms with Gasteiger partial charge in [0.15, 0.2) is 11.6 Å². The largest absolute Gasteiger partial charge is 0.505 e. The molecule has 0 atom stereocenters. The van der Waals surface area contributed by atoms with E-state index in [9.17, 15) is 14.3 Å². The molecule has 0 aliphatic carbocycles. The summed E-state index contributed by atoms with van der Waals surface area (Å²) in [6, 6.07) is 2.63. The Labute approximate surface area is 87.1 Å². The van der Waals surface area contributed by atoms with Crippen LogP contribution in [-0.4, -0.2) is 17.6 Å². The number of carbonyl (C=O) groups excluding carboxylic acids is 1. The summed E-state index contributed by atoms with van der Waals surface area (Å²) in [6.07, 6.45) is 1.58. The van der Waals surface area contributed by atoms with Crippen LogP contribution in [0.5, 0.6) is 5.75 Å². The first kappa shape index (κ1) is 9.96. The number of benzene rings is 1. The van der Waals surface area contributed by atoms with Gasteiger partial charge in [-0.2, -0.15) is 0 Å². The molecule has 0 aromatic heterocycles. The zero-order valence-electron chi connectivity index (χ0n) is 8.46. The van der Waals surface area contributed by atoms with Crippen molar-refractivity contribution >= 4 is 11.6 Å². The van der Waals surface area contributed by atoms with Crippen molar-refractivity contribution in [3.63, 3.8) is 0 Å². The van der Waals surface area contributed by atoms with Crippen molar-refractivity contribution in [1.29, 1.82) is 0 Å². The molecule has 1 amide bonds. The first-order chi connectivity index (χ1) is 7.09. The highest BCUT2D eigenvalue weighted by atomic mass is 19.1. The second kappa shape index (κ2) is 3.53. The van der Waals surface area contributed by atoms with Crippen LogP contribution in [0.3, 0.4) is 0 Å². The number of fused-ring (bicyclic) bond motifs is 1. The van der Waals surface area contributed by atoms with Crippen LogP contribution in [0.4, 0.5) is 10.1 Å². The van der Waals surface area contributed by atoms with Crippen LogP contribution in [0.2, 0.25) is 0 Å². The molecule has 1 aliphatic rings. The Balaban J connectivity index is 2.51. The number of amides is 1. The van der Waals surface area contributed by atoms with Gasteiger partial charge in [0.1, 0.15) is 0 Å². The third-order valence-corrected chi connectivity index (χ3v) is 2.65. The molecule has 2 rings (SSSR count). The molecule has 0 saturated carbocycles. The van der Waals surface area contributed by atoms with Crippen LogP contribution in [0.1, 0.15) is 18.9 Å². The number of anilines is 1. The predicted octanol–water partition coefficient (Wildman–Crippen LogP) is 1.83. The number of aryl methyl sites for hydroxylation is 1. The van der Waals surface area contributed by atoms with E-state index >= 15 is 0 Å². The molecule has 3 nitrogen and oxygen atoms in total. The van der Waals surface area contributed by atoms with Crippen molar-refractivity contribution < 1.29 is 14.3 Å². The zero-order chi connectivity index (χ0) is 11.0. The molecule has 0 spiro atoms. The van der Waals surface area contributed by atoms with E-state index in [1.54, 1.807) is 4.90 Å². The third-order valence-electron chi connectivity index (χ3n) is 2.65. The average Bonchev–Trinajstić information content (AvgIpc) is 2.18. The number of nitrogens with zero attached hydrogens (tertiary/aromatic N) is 1. The van der Waals surface area contributed by atoms with E-state index in [1.807, 2.05) is 0 Å². The second-order valence-electron chi connectivity index (χ2n) is 3.71. The normalized spacial score (nSPS) is 14.9. The second-order valence-corrected chi connectivity index (χ2v) is 3.71. The standard InChI is InChI=1S/C11H12FNO2/c1-7(14)13-4-2-3-8-5-9(12)11(15)6-10(8)13/h5-6,15H,2-4H2,1H3.